The summed E-state index contributed by atoms with van der Waals surface area (Å²) in [6.45, 7) is 4.14. The van der Waals surface area contributed by atoms with Crippen molar-refractivity contribution >= 4 is 17.2 Å². The van der Waals surface area contributed by atoms with Gasteiger partial charge in [0.1, 0.15) is 5.84 Å². The highest BCUT2D eigenvalue weighted by atomic mass is 15.1. The highest BCUT2D eigenvalue weighted by molar-refractivity contribution is 6.00. The van der Waals surface area contributed by atoms with Crippen molar-refractivity contribution in [3.8, 4) is 0 Å². The Kier molecular flexibility index (Phi) is 3.51. The van der Waals surface area contributed by atoms with E-state index in [4.69, 9.17) is 11.1 Å². The van der Waals surface area contributed by atoms with Crippen LogP contribution in [0.5, 0.6) is 0 Å². The second kappa shape index (κ2) is 5.10. The summed E-state index contributed by atoms with van der Waals surface area (Å²) in [7, 11) is 1.96. The van der Waals surface area contributed by atoms with E-state index >= 15 is 0 Å². The number of pyridine rings is 1. The summed E-state index contributed by atoms with van der Waals surface area (Å²) in [6.07, 6.45) is 3.38. The summed E-state index contributed by atoms with van der Waals surface area (Å²) >= 11 is 0. The van der Waals surface area contributed by atoms with Gasteiger partial charge < -0.3 is 10.6 Å². The van der Waals surface area contributed by atoms with Gasteiger partial charge in [-0.2, -0.15) is 0 Å². The maximum atomic E-state index is 7.64. The van der Waals surface area contributed by atoms with Gasteiger partial charge in [-0.25, -0.2) is 0 Å². The van der Waals surface area contributed by atoms with E-state index in [1.807, 2.05) is 11.9 Å². The first kappa shape index (κ1) is 13.1. The molecular formula is C15H18N4. The van der Waals surface area contributed by atoms with Gasteiger partial charge in [0, 0.05) is 24.5 Å². The van der Waals surface area contributed by atoms with Crippen LogP contribution in [0.4, 0.5) is 11.4 Å². The minimum absolute atomic E-state index is 0.0497. The fraction of sp³-hybridized carbons (Fsp3) is 0.200. The van der Waals surface area contributed by atoms with Gasteiger partial charge in [0.2, 0.25) is 0 Å². The monoisotopic (exact) mass is 254 g/mol. The number of benzene rings is 1. The van der Waals surface area contributed by atoms with Crippen LogP contribution in [0.15, 0.2) is 36.7 Å². The van der Waals surface area contributed by atoms with Crippen molar-refractivity contribution in [1.82, 2.24) is 4.98 Å². The zero-order valence-electron chi connectivity index (χ0n) is 11.4. The van der Waals surface area contributed by atoms with Crippen molar-refractivity contribution in [3.05, 3.63) is 53.3 Å². The van der Waals surface area contributed by atoms with Crippen LogP contribution in [-0.4, -0.2) is 17.9 Å². The Morgan fingerprint density at radius 1 is 1.21 bits per heavy atom. The Morgan fingerprint density at radius 3 is 2.42 bits per heavy atom. The smallest absolute Gasteiger partial charge is 0.125 e. The molecule has 0 spiro atoms. The van der Waals surface area contributed by atoms with Crippen molar-refractivity contribution < 1.29 is 0 Å². The third-order valence-corrected chi connectivity index (χ3v) is 3.05. The highest BCUT2D eigenvalue weighted by Crippen LogP contribution is 2.27. The van der Waals surface area contributed by atoms with Crippen LogP contribution in [0.3, 0.4) is 0 Å². The van der Waals surface area contributed by atoms with Crippen LogP contribution in [0.25, 0.3) is 0 Å². The largest absolute Gasteiger partial charge is 0.384 e. The third kappa shape index (κ3) is 2.73. The molecule has 1 heterocycles. The number of rotatable bonds is 3. The number of hydrogen-bond acceptors (Lipinski definition) is 3. The lowest BCUT2D eigenvalue weighted by molar-refractivity contribution is 1.15. The van der Waals surface area contributed by atoms with Crippen LogP contribution >= 0.6 is 0 Å². The zero-order chi connectivity index (χ0) is 14.0. The van der Waals surface area contributed by atoms with Crippen LogP contribution in [0.1, 0.15) is 16.7 Å². The zero-order valence-corrected chi connectivity index (χ0v) is 11.4. The molecule has 0 aliphatic carbocycles. The van der Waals surface area contributed by atoms with Gasteiger partial charge in [-0.05, 0) is 43.2 Å². The van der Waals surface area contributed by atoms with E-state index < -0.39 is 0 Å². The molecule has 2 rings (SSSR count). The van der Waals surface area contributed by atoms with Gasteiger partial charge in [0.15, 0.2) is 0 Å². The second-order valence-corrected chi connectivity index (χ2v) is 4.71. The SMILES string of the molecule is Cc1cc(C)cc(N(C)c2cnccc2C(=N)N)c1. The molecule has 0 aliphatic heterocycles. The molecule has 98 valence electrons. The Hall–Kier alpha value is -2.36. The van der Waals surface area contributed by atoms with Gasteiger partial charge in [0.05, 0.1) is 11.9 Å². The number of nitrogens with two attached hydrogens (primary N) is 1. The number of nitrogens with zero attached hydrogens (tertiary/aromatic N) is 2. The second-order valence-electron chi connectivity index (χ2n) is 4.71. The minimum atomic E-state index is 0.0497. The van der Waals surface area contributed by atoms with Crippen LogP contribution in [-0.2, 0) is 0 Å². The fourth-order valence-electron chi connectivity index (χ4n) is 2.16. The van der Waals surface area contributed by atoms with Crippen molar-refractivity contribution in [2.45, 2.75) is 13.8 Å². The molecule has 4 heteroatoms. The van der Waals surface area contributed by atoms with E-state index in [0.717, 1.165) is 11.4 Å². The number of amidine groups is 1. The van der Waals surface area contributed by atoms with Crippen LogP contribution < -0.4 is 10.6 Å². The van der Waals surface area contributed by atoms with Gasteiger partial charge in [-0.15, -0.1) is 0 Å². The van der Waals surface area contributed by atoms with Gasteiger partial charge in [-0.1, -0.05) is 6.07 Å². The predicted molar refractivity (Wildman–Crippen MR) is 79.2 cm³/mol. The molecule has 0 saturated carbocycles. The molecule has 0 radical (unpaired) electrons. The molecule has 0 atom stereocenters. The van der Waals surface area contributed by atoms with Gasteiger partial charge in [-0.3, -0.25) is 10.4 Å². The van der Waals surface area contributed by atoms with E-state index in [1.165, 1.54) is 11.1 Å². The van der Waals surface area contributed by atoms with Gasteiger partial charge >= 0.3 is 0 Å². The van der Waals surface area contributed by atoms with E-state index in [1.54, 1.807) is 18.5 Å². The topological polar surface area (TPSA) is 66.0 Å². The average molecular weight is 254 g/mol. The van der Waals surface area contributed by atoms with Crippen molar-refractivity contribution in [3.63, 3.8) is 0 Å². The van der Waals surface area contributed by atoms with Crippen LogP contribution in [0, 0.1) is 19.3 Å². The third-order valence-electron chi connectivity index (χ3n) is 3.05. The van der Waals surface area contributed by atoms with Crippen LogP contribution in [0.2, 0.25) is 0 Å². The first-order chi connectivity index (χ1) is 8.99. The minimum Gasteiger partial charge on any atom is -0.384 e. The number of nitrogens with one attached hydrogen (secondary N) is 1. The molecule has 3 N–H and O–H groups in total. The molecule has 0 amide bonds. The van der Waals surface area contributed by atoms with E-state index in [-0.39, 0.29) is 5.84 Å². The lowest BCUT2D eigenvalue weighted by Gasteiger charge is -2.22. The molecule has 0 aliphatic rings. The maximum Gasteiger partial charge on any atom is 0.125 e. The molecule has 0 saturated heterocycles. The number of aromatic nitrogens is 1. The average Bonchev–Trinajstić information content (AvgIpc) is 2.36. The van der Waals surface area contributed by atoms with Crippen molar-refractivity contribution in [1.29, 1.82) is 5.41 Å². The molecule has 2 aromatic rings. The molecule has 1 aromatic heterocycles. The van der Waals surface area contributed by atoms with Gasteiger partial charge in [0.25, 0.3) is 0 Å². The summed E-state index contributed by atoms with van der Waals surface area (Å²) in [5.74, 6) is 0.0497. The number of hydrogen-bond donors (Lipinski definition) is 2. The number of anilines is 2. The first-order valence-electron chi connectivity index (χ1n) is 6.09. The Morgan fingerprint density at radius 2 is 1.84 bits per heavy atom. The highest BCUT2D eigenvalue weighted by Gasteiger charge is 2.11. The predicted octanol–water partition coefficient (Wildman–Crippen LogP) is 2.75. The molecular weight excluding hydrogens is 236 g/mol. The molecule has 0 unspecified atom stereocenters. The van der Waals surface area contributed by atoms with Crippen molar-refractivity contribution in [2.24, 2.45) is 5.73 Å². The summed E-state index contributed by atoms with van der Waals surface area (Å²) < 4.78 is 0. The Labute approximate surface area is 113 Å². The summed E-state index contributed by atoms with van der Waals surface area (Å²) in [4.78, 5) is 6.13. The lowest BCUT2D eigenvalue weighted by Crippen LogP contribution is -2.19. The maximum absolute atomic E-state index is 7.64. The number of nitrogen functional groups attached to an aromatic ring is 1. The molecule has 0 fully saturated rings. The summed E-state index contributed by atoms with van der Waals surface area (Å²) in [5.41, 5.74) is 10.6. The molecule has 0 bridgehead atoms. The fourth-order valence-corrected chi connectivity index (χ4v) is 2.16. The Bertz CT molecular complexity index is 599. The molecule has 19 heavy (non-hydrogen) atoms. The van der Waals surface area contributed by atoms with Crippen molar-refractivity contribution in [2.75, 3.05) is 11.9 Å². The van der Waals surface area contributed by atoms with E-state index in [0.29, 0.717) is 5.56 Å². The first-order valence-corrected chi connectivity index (χ1v) is 6.09. The number of aryl methyl sites for hydroxylation is 2. The molecule has 4 nitrogen and oxygen atoms in total. The quantitative estimate of drug-likeness (QED) is 0.654. The van der Waals surface area contributed by atoms with E-state index in [2.05, 4.69) is 37.0 Å². The Balaban J connectivity index is 2.49. The summed E-state index contributed by atoms with van der Waals surface area (Å²) in [5, 5.41) is 7.64. The summed E-state index contributed by atoms with van der Waals surface area (Å²) in [6, 6.07) is 8.09. The van der Waals surface area contributed by atoms with E-state index in [9.17, 15) is 0 Å². The molecule has 1 aromatic carbocycles. The normalized spacial score (nSPS) is 10.3. The standard InChI is InChI=1S/C15H18N4/c1-10-6-11(2)8-12(7-10)19(3)14-9-18-5-4-13(14)15(16)17/h4-9H,1-3H3,(H3,16,17). The lowest BCUT2D eigenvalue weighted by atomic mass is 10.1.